The second kappa shape index (κ2) is 10.7. The molecule has 1 saturated heterocycles. The lowest BCUT2D eigenvalue weighted by Gasteiger charge is -2.32. The van der Waals surface area contributed by atoms with Gasteiger partial charge in [-0.2, -0.15) is 0 Å². The lowest BCUT2D eigenvalue weighted by molar-refractivity contribution is 0.124. The van der Waals surface area contributed by atoms with Crippen molar-refractivity contribution in [3.8, 4) is 11.3 Å². The molecule has 0 bridgehead atoms. The number of benzene rings is 1. The Kier molecular flexibility index (Phi) is 7.34. The first-order chi connectivity index (χ1) is 18.2. The molecule has 1 N–H and O–H groups in total. The standard InChI is InChI=1S/C28H32F3N7/c1-5-37-10-8-18(9-11-37)25(31)19-6-7-24(32-14-19)35-28-33-15-22(30)26(36-28)20-12-21(29)27-23(13-20)38(16(2)3)17(4)34-27/h6-7,12-16,18,25H,5,8-11H2,1-4H3,(H,32,33,35,36)/t25-/m1/s1. The molecule has 10 heteroatoms. The van der Waals surface area contributed by atoms with Crippen LogP contribution in [-0.4, -0.2) is 49.0 Å². The third-order valence-electron chi connectivity index (χ3n) is 7.30. The largest absolute Gasteiger partial charge is 0.326 e. The van der Waals surface area contributed by atoms with Crippen LogP contribution in [-0.2, 0) is 0 Å². The number of halogens is 3. The molecule has 3 aromatic heterocycles. The van der Waals surface area contributed by atoms with E-state index >= 15 is 4.39 Å². The minimum atomic E-state index is -1.07. The van der Waals surface area contributed by atoms with Crippen LogP contribution in [0.5, 0.6) is 0 Å². The predicted octanol–water partition coefficient (Wildman–Crippen LogP) is 6.54. The Labute approximate surface area is 220 Å². The molecule has 38 heavy (non-hydrogen) atoms. The number of aryl methyl sites for hydroxylation is 1. The summed E-state index contributed by atoms with van der Waals surface area (Å²) >= 11 is 0. The fourth-order valence-electron chi connectivity index (χ4n) is 5.28. The van der Waals surface area contributed by atoms with E-state index in [0.717, 1.165) is 38.7 Å². The molecule has 0 amide bonds. The minimum absolute atomic E-state index is 0.0186. The second-order valence-corrected chi connectivity index (χ2v) is 10.1. The summed E-state index contributed by atoms with van der Waals surface area (Å²) in [6.07, 6.45) is 3.13. The van der Waals surface area contributed by atoms with Crippen molar-refractivity contribution in [2.24, 2.45) is 5.92 Å². The fourth-order valence-corrected chi connectivity index (χ4v) is 5.28. The van der Waals surface area contributed by atoms with Crippen molar-refractivity contribution in [2.75, 3.05) is 25.0 Å². The molecule has 1 aromatic carbocycles. The average molecular weight is 524 g/mol. The molecule has 0 aliphatic carbocycles. The van der Waals surface area contributed by atoms with Gasteiger partial charge in [0.05, 0.1) is 11.7 Å². The van der Waals surface area contributed by atoms with Gasteiger partial charge in [-0.05, 0) is 77.4 Å². The summed E-state index contributed by atoms with van der Waals surface area (Å²) in [5, 5.41) is 2.95. The molecule has 0 spiro atoms. The zero-order valence-corrected chi connectivity index (χ0v) is 22.0. The topological polar surface area (TPSA) is 71.8 Å². The van der Waals surface area contributed by atoms with Crippen LogP contribution in [0.4, 0.5) is 24.9 Å². The lowest BCUT2D eigenvalue weighted by atomic mass is 9.89. The van der Waals surface area contributed by atoms with Crippen molar-refractivity contribution < 1.29 is 13.2 Å². The van der Waals surface area contributed by atoms with Crippen molar-refractivity contribution in [1.82, 2.24) is 29.4 Å². The van der Waals surface area contributed by atoms with Crippen molar-refractivity contribution in [3.63, 3.8) is 0 Å². The molecule has 200 valence electrons. The van der Waals surface area contributed by atoms with E-state index < -0.39 is 17.8 Å². The molecule has 1 atom stereocenters. The maximum atomic E-state index is 15.1. The SMILES string of the molecule is CCN1CCC([C@@H](F)c2ccc(Nc3ncc(F)c(-c4cc(F)c5nc(C)n(C(C)C)c5c4)n3)nc2)CC1. The van der Waals surface area contributed by atoms with Gasteiger partial charge in [-0.15, -0.1) is 0 Å². The zero-order valence-electron chi connectivity index (χ0n) is 22.0. The van der Waals surface area contributed by atoms with Crippen molar-refractivity contribution in [2.45, 2.75) is 52.8 Å². The van der Waals surface area contributed by atoms with E-state index in [-0.39, 0.29) is 34.7 Å². The van der Waals surface area contributed by atoms with Gasteiger partial charge in [0, 0.05) is 23.4 Å². The van der Waals surface area contributed by atoms with E-state index in [4.69, 9.17) is 0 Å². The van der Waals surface area contributed by atoms with E-state index in [1.165, 1.54) is 12.3 Å². The number of hydrogen-bond acceptors (Lipinski definition) is 6. The third kappa shape index (κ3) is 5.09. The average Bonchev–Trinajstić information content (AvgIpc) is 3.26. The number of anilines is 2. The third-order valence-corrected chi connectivity index (χ3v) is 7.30. The highest BCUT2D eigenvalue weighted by atomic mass is 19.1. The number of nitrogens with one attached hydrogen (secondary N) is 1. The summed E-state index contributed by atoms with van der Waals surface area (Å²) in [5.41, 5.74) is 1.57. The van der Waals surface area contributed by atoms with Gasteiger partial charge < -0.3 is 14.8 Å². The maximum Gasteiger partial charge on any atom is 0.229 e. The number of pyridine rings is 1. The van der Waals surface area contributed by atoms with Crippen LogP contribution in [0.15, 0.2) is 36.7 Å². The Bertz CT molecular complexity index is 1430. The quantitative estimate of drug-likeness (QED) is 0.297. The molecule has 1 fully saturated rings. The Balaban J connectivity index is 1.37. The van der Waals surface area contributed by atoms with E-state index in [0.29, 0.717) is 22.7 Å². The van der Waals surface area contributed by atoms with Gasteiger partial charge in [0.15, 0.2) is 11.6 Å². The van der Waals surface area contributed by atoms with Crippen LogP contribution in [0.3, 0.4) is 0 Å². The van der Waals surface area contributed by atoms with E-state index in [2.05, 4.69) is 37.1 Å². The molecular weight excluding hydrogens is 491 g/mol. The maximum absolute atomic E-state index is 15.1. The normalized spacial score (nSPS) is 15.9. The molecule has 0 radical (unpaired) electrons. The number of aromatic nitrogens is 5. The van der Waals surface area contributed by atoms with E-state index in [9.17, 15) is 8.78 Å². The monoisotopic (exact) mass is 523 g/mol. The number of imidazole rings is 1. The number of likely N-dealkylation sites (tertiary alicyclic amines) is 1. The van der Waals surface area contributed by atoms with Gasteiger partial charge >= 0.3 is 0 Å². The van der Waals surface area contributed by atoms with Crippen LogP contribution in [0.1, 0.15) is 57.2 Å². The summed E-state index contributed by atoms with van der Waals surface area (Å²) in [6, 6.07) is 6.32. The lowest BCUT2D eigenvalue weighted by Crippen LogP contribution is -2.34. The van der Waals surface area contributed by atoms with Gasteiger partial charge in [0.1, 0.15) is 29.0 Å². The number of hydrogen-bond donors (Lipinski definition) is 1. The van der Waals surface area contributed by atoms with E-state index in [1.807, 2.05) is 25.3 Å². The Hall–Kier alpha value is -3.53. The molecule has 4 aromatic rings. The number of alkyl halides is 1. The van der Waals surface area contributed by atoms with Crippen LogP contribution in [0, 0.1) is 24.5 Å². The summed E-state index contributed by atoms with van der Waals surface area (Å²) in [4.78, 5) is 19.3. The summed E-state index contributed by atoms with van der Waals surface area (Å²) in [5.74, 6) is -0.0814. The Morgan fingerprint density at radius 3 is 2.45 bits per heavy atom. The van der Waals surface area contributed by atoms with Gasteiger partial charge in [-0.3, -0.25) is 0 Å². The van der Waals surface area contributed by atoms with Crippen LogP contribution in [0.2, 0.25) is 0 Å². The van der Waals surface area contributed by atoms with Gasteiger partial charge in [-0.1, -0.05) is 13.0 Å². The first kappa shape index (κ1) is 26.1. The first-order valence-electron chi connectivity index (χ1n) is 13.1. The second-order valence-electron chi connectivity index (χ2n) is 10.1. The molecule has 5 rings (SSSR count). The molecule has 4 heterocycles. The summed E-state index contributed by atoms with van der Waals surface area (Å²) in [6.45, 7) is 10.7. The number of piperidine rings is 1. The minimum Gasteiger partial charge on any atom is -0.326 e. The predicted molar refractivity (Wildman–Crippen MR) is 142 cm³/mol. The zero-order chi connectivity index (χ0) is 27.0. The van der Waals surface area contributed by atoms with Crippen LogP contribution >= 0.6 is 0 Å². The highest BCUT2D eigenvalue weighted by molar-refractivity contribution is 5.83. The molecular formula is C28H32F3N7. The van der Waals surface area contributed by atoms with Gasteiger partial charge in [-0.25, -0.2) is 33.1 Å². The molecule has 0 saturated carbocycles. The summed E-state index contributed by atoms with van der Waals surface area (Å²) in [7, 11) is 0. The number of nitrogens with zero attached hydrogens (tertiary/aromatic N) is 6. The summed E-state index contributed by atoms with van der Waals surface area (Å²) < 4.78 is 46.8. The van der Waals surface area contributed by atoms with Crippen LogP contribution in [0.25, 0.3) is 22.3 Å². The highest BCUT2D eigenvalue weighted by Gasteiger charge is 2.27. The first-order valence-corrected chi connectivity index (χ1v) is 13.1. The van der Waals surface area contributed by atoms with Crippen molar-refractivity contribution >= 4 is 22.8 Å². The smallest absolute Gasteiger partial charge is 0.229 e. The van der Waals surface area contributed by atoms with Crippen molar-refractivity contribution in [3.05, 3.63) is 59.7 Å². The highest BCUT2D eigenvalue weighted by Crippen LogP contribution is 2.34. The van der Waals surface area contributed by atoms with Crippen molar-refractivity contribution in [1.29, 1.82) is 0 Å². The van der Waals surface area contributed by atoms with Crippen LogP contribution < -0.4 is 5.32 Å². The van der Waals surface area contributed by atoms with Gasteiger partial charge in [0.25, 0.3) is 0 Å². The fraction of sp³-hybridized carbons (Fsp3) is 0.429. The van der Waals surface area contributed by atoms with E-state index in [1.54, 1.807) is 18.2 Å². The Morgan fingerprint density at radius 2 is 1.79 bits per heavy atom. The molecule has 7 nitrogen and oxygen atoms in total. The molecule has 1 aliphatic heterocycles. The molecule has 0 unspecified atom stereocenters. The Morgan fingerprint density at radius 1 is 1.03 bits per heavy atom. The van der Waals surface area contributed by atoms with Gasteiger partial charge in [0.2, 0.25) is 5.95 Å². The number of fused-ring (bicyclic) bond motifs is 1. The number of rotatable bonds is 7. The molecule has 1 aliphatic rings.